The highest BCUT2D eigenvalue weighted by Crippen LogP contribution is 2.32. The summed E-state index contributed by atoms with van der Waals surface area (Å²) >= 11 is 1.37. The van der Waals surface area contributed by atoms with Crippen molar-refractivity contribution in [3.8, 4) is 0 Å². The molecule has 1 aliphatic carbocycles. The maximum absolute atomic E-state index is 12.2. The van der Waals surface area contributed by atoms with Gasteiger partial charge in [-0.15, -0.1) is 0 Å². The van der Waals surface area contributed by atoms with Gasteiger partial charge in [-0.1, -0.05) is 42.1 Å². The quantitative estimate of drug-likeness (QED) is 0.472. The molecule has 1 atom stereocenters. The highest BCUT2D eigenvalue weighted by Gasteiger charge is 2.28. The van der Waals surface area contributed by atoms with Crippen LogP contribution >= 0.6 is 11.8 Å². The number of carbonyl (C=O) groups is 1. The van der Waals surface area contributed by atoms with Crippen LogP contribution in [0.5, 0.6) is 0 Å². The van der Waals surface area contributed by atoms with Crippen LogP contribution in [0.3, 0.4) is 0 Å². The Hall–Kier alpha value is -2.60. The Bertz CT molecular complexity index is 943. The van der Waals surface area contributed by atoms with Crippen LogP contribution in [-0.2, 0) is 4.79 Å². The first-order valence-corrected chi connectivity index (χ1v) is 10.2. The standard InChI is InChI=1S/C21H22N4OS/c1-14(15-11-12-15)22-19(26)13-27-21-24-18-10-6-5-9-17(18)20(25-21)23-16-7-3-2-4-8-16/h2-10,14-15H,11-13H2,1H3,(H,22,26)(H,23,24,25)/t14-/m0/s1. The minimum absolute atomic E-state index is 0.0359. The molecule has 0 spiro atoms. The summed E-state index contributed by atoms with van der Waals surface area (Å²) in [4.78, 5) is 21.5. The topological polar surface area (TPSA) is 66.9 Å². The van der Waals surface area contributed by atoms with Gasteiger partial charge < -0.3 is 10.6 Å². The fourth-order valence-electron chi connectivity index (χ4n) is 3.01. The van der Waals surface area contributed by atoms with E-state index >= 15 is 0 Å². The summed E-state index contributed by atoms with van der Waals surface area (Å²) in [5.74, 6) is 1.76. The van der Waals surface area contributed by atoms with E-state index < -0.39 is 0 Å². The van der Waals surface area contributed by atoms with Gasteiger partial charge in [0.15, 0.2) is 5.16 Å². The minimum Gasteiger partial charge on any atom is -0.353 e. The van der Waals surface area contributed by atoms with Gasteiger partial charge in [-0.3, -0.25) is 4.79 Å². The van der Waals surface area contributed by atoms with E-state index in [-0.39, 0.29) is 11.9 Å². The normalized spacial score (nSPS) is 14.7. The molecule has 27 heavy (non-hydrogen) atoms. The average Bonchev–Trinajstić information content (AvgIpc) is 3.53. The molecule has 1 aliphatic rings. The molecule has 0 aliphatic heterocycles. The van der Waals surface area contributed by atoms with Gasteiger partial charge in [0, 0.05) is 17.1 Å². The SMILES string of the molecule is C[C@H](NC(=O)CSc1nc(Nc2ccccc2)c2ccccc2n1)C1CC1. The van der Waals surface area contributed by atoms with Crippen molar-refractivity contribution in [3.63, 3.8) is 0 Å². The Kier molecular flexibility index (Phi) is 5.25. The maximum atomic E-state index is 12.2. The monoisotopic (exact) mass is 378 g/mol. The molecule has 1 amide bonds. The summed E-state index contributed by atoms with van der Waals surface area (Å²) in [6.45, 7) is 2.08. The van der Waals surface area contributed by atoms with Gasteiger partial charge in [0.05, 0.1) is 11.3 Å². The summed E-state index contributed by atoms with van der Waals surface area (Å²) in [7, 11) is 0. The largest absolute Gasteiger partial charge is 0.353 e. The molecule has 1 heterocycles. The maximum Gasteiger partial charge on any atom is 0.230 e. The number of hydrogen-bond acceptors (Lipinski definition) is 5. The van der Waals surface area contributed by atoms with E-state index in [2.05, 4.69) is 27.5 Å². The van der Waals surface area contributed by atoms with Crippen molar-refractivity contribution in [1.29, 1.82) is 0 Å². The number of benzene rings is 2. The predicted octanol–water partition coefficient (Wildman–Crippen LogP) is 4.38. The Labute approximate surface area is 163 Å². The minimum atomic E-state index is 0.0359. The third-order valence-corrected chi connectivity index (χ3v) is 5.52. The summed E-state index contributed by atoms with van der Waals surface area (Å²) in [6, 6.07) is 18.1. The molecular formula is C21H22N4OS. The van der Waals surface area contributed by atoms with Crippen molar-refractivity contribution in [2.75, 3.05) is 11.1 Å². The van der Waals surface area contributed by atoms with Crippen LogP contribution in [0.4, 0.5) is 11.5 Å². The molecule has 3 aromatic rings. The zero-order chi connectivity index (χ0) is 18.6. The Morgan fingerprint density at radius 1 is 1.11 bits per heavy atom. The van der Waals surface area contributed by atoms with Crippen molar-refractivity contribution < 1.29 is 4.79 Å². The fraction of sp³-hybridized carbons (Fsp3) is 0.286. The van der Waals surface area contributed by atoms with Gasteiger partial charge in [-0.2, -0.15) is 0 Å². The molecule has 5 nitrogen and oxygen atoms in total. The number of hydrogen-bond donors (Lipinski definition) is 2. The van der Waals surface area contributed by atoms with Crippen LogP contribution in [0.25, 0.3) is 10.9 Å². The highest BCUT2D eigenvalue weighted by molar-refractivity contribution is 7.99. The molecule has 0 unspecified atom stereocenters. The second kappa shape index (κ2) is 7.96. The Morgan fingerprint density at radius 3 is 2.63 bits per heavy atom. The number of carbonyl (C=O) groups excluding carboxylic acids is 1. The predicted molar refractivity (Wildman–Crippen MR) is 110 cm³/mol. The van der Waals surface area contributed by atoms with Crippen LogP contribution in [0.2, 0.25) is 0 Å². The molecule has 138 valence electrons. The number of amides is 1. The van der Waals surface area contributed by atoms with Gasteiger partial charge in [-0.05, 0) is 49.9 Å². The number of rotatable bonds is 7. The molecule has 0 radical (unpaired) electrons. The number of anilines is 2. The lowest BCUT2D eigenvalue weighted by Crippen LogP contribution is -2.35. The molecule has 2 aromatic carbocycles. The second-order valence-electron chi connectivity index (χ2n) is 6.85. The zero-order valence-electron chi connectivity index (χ0n) is 15.2. The van der Waals surface area contributed by atoms with E-state index in [9.17, 15) is 4.79 Å². The molecule has 1 fully saturated rings. The van der Waals surface area contributed by atoms with Crippen molar-refractivity contribution >= 4 is 40.1 Å². The van der Waals surface area contributed by atoms with Crippen LogP contribution in [0.15, 0.2) is 59.8 Å². The summed E-state index contributed by atoms with van der Waals surface area (Å²) in [6.07, 6.45) is 2.44. The molecule has 2 N–H and O–H groups in total. The van der Waals surface area contributed by atoms with Gasteiger partial charge in [0.1, 0.15) is 5.82 Å². The van der Waals surface area contributed by atoms with Gasteiger partial charge >= 0.3 is 0 Å². The lowest BCUT2D eigenvalue weighted by atomic mass is 10.2. The van der Waals surface area contributed by atoms with E-state index in [1.165, 1.54) is 24.6 Å². The first-order chi connectivity index (χ1) is 13.2. The van der Waals surface area contributed by atoms with Crippen molar-refractivity contribution in [1.82, 2.24) is 15.3 Å². The van der Waals surface area contributed by atoms with Crippen LogP contribution in [0.1, 0.15) is 19.8 Å². The Balaban J connectivity index is 1.51. The van der Waals surface area contributed by atoms with Crippen molar-refractivity contribution in [3.05, 3.63) is 54.6 Å². The molecular weight excluding hydrogens is 356 g/mol. The van der Waals surface area contributed by atoms with Gasteiger partial charge in [0.25, 0.3) is 0 Å². The van der Waals surface area contributed by atoms with E-state index in [1.54, 1.807) is 0 Å². The smallest absolute Gasteiger partial charge is 0.230 e. The van der Waals surface area contributed by atoms with E-state index in [4.69, 9.17) is 0 Å². The number of nitrogens with one attached hydrogen (secondary N) is 2. The first-order valence-electron chi connectivity index (χ1n) is 9.20. The van der Waals surface area contributed by atoms with Gasteiger partial charge in [0.2, 0.25) is 5.91 Å². The molecule has 0 bridgehead atoms. The zero-order valence-corrected chi connectivity index (χ0v) is 16.0. The van der Waals surface area contributed by atoms with Crippen molar-refractivity contribution in [2.45, 2.75) is 31.0 Å². The molecule has 1 aromatic heterocycles. The van der Waals surface area contributed by atoms with E-state index in [0.29, 0.717) is 16.8 Å². The number of para-hydroxylation sites is 2. The molecule has 4 rings (SSSR count). The number of aromatic nitrogens is 2. The average molecular weight is 379 g/mol. The summed E-state index contributed by atoms with van der Waals surface area (Å²) in [5, 5.41) is 7.99. The second-order valence-corrected chi connectivity index (χ2v) is 7.79. The van der Waals surface area contributed by atoms with E-state index in [1.807, 2.05) is 54.6 Å². The lowest BCUT2D eigenvalue weighted by Gasteiger charge is -2.13. The molecule has 6 heteroatoms. The van der Waals surface area contributed by atoms with Crippen molar-refractivity contribution in [2.24, 2.45) is 5.92 Å². The number of fused-ring (bicyclic) bond motifs is 1. The number of thioether (sulfide) groups is 1. The fourth-order valence-corrected chi connectivity index (χ4v) is 3.68. The van der Waals surface area contributed by atoms with Crippen LogP contribution in [0, 0.1) is 5.92 Å². The summed E-state index contributed by atoms with van der Waals surface area (Å²) in [5.41, 5.74) is 1.83. The first kappa shape index (κ1) is 17.8. The summed E-state index contributed by atoms with van der Waals surface area (Å²) < 4.78 is 0. The third-order valence-electron chi connectivity index (χ3n) is 4.67. The number of nitrogens with zero attached hydrogens (tertiary/aromatic N) is 2. The van der Waals surface area contributed by atoms with Gasteiger partial charge in [-0.25, -0.2) is 9.97 Å². The molecule has 0 saturated heterocycles. The third kappa shape index (κ3) is 4.57. The van der Waals surface area contributed by atoms with Crippen LogP contribution < -0.4 is 10.6 Å². The highest BCUT2D eigenvalue weighted by atomic mass is 32.2. The molecule has 1 saturated carbocycles. The van der Waals surface area contributed by atoms with Crippen LogP contribution in [-0.4, -0.2) is 27.7 Å². The Morgan fingerprint density at radius 2 is 1.85 bits per heavy atom. The lowest BCUT2D eigenvalue weighted by molar-refractivity contribution is -0.119. The van der Waals surface area contributed by atoms with E-state index in [0.717, 1.165) is 22.4 Å².